The smallest absolute Gasteiger partial charge is 0.255 e. The van der Waals surface area contributed by atoms with Crippen LogP contribution in [0.3, 0.4) is 0 Å². The molecule has 0 saturated carbocycles. The van der Waals surface area contributed by atoms with Crippen molar-refractivity contribution in [3.63, 3.8) is 0 Å². The standard InChI is InChI=1S/C19H20FN3O2/c1-12(2)16(19(25)22(3)17-15(20)9-6-10-21-17)23-11-13-7-4-5-8-14(13)18(23)24/h4-10,12,16H,11H2,1-3H3/t16-/m1/s1. The number of anilines is 1. The second kappa shape index (κ2) is 6.63. The summed E-state index contributed by atoms with van der Waals surface area (Å²) in [6.45, 7) is 4.13. The molecular weight excluding hydrogens is 321 g/mol. The first-order valence-electron chi connectivity index (χ1n) is 8.18. The predicted octanol–water partition coefficient (Wildman–Crippen LogP) is 2.86. The minimum atomic E-state index is -0.689. The van der Waals surface area contributed by atoms with Crippen molar-refractivity contribution in [3.05, 3.63) is 59.5 Å². The van der Waals surface area contributed by atoms with Crippen molar-refractivity contribution in [2.45, 2.75) is 26.4 Å². The second-order valence-corrected chi connectivity index (χ2v) is 6.49. The molecular formula is C19H20FN3O2. The highest BCUT2D eigenvalue weighted by Gasteiger charge is 2.39. The van der Waals surface area contributed by atoms with E-state index in [-0.39, 0.29) is 23.6 Å². The summed E-state index contributed by atoms with van der Waals surface area (Å²) in [6, 6.07) is 9.37. The van der Waals surface area contributed by atoms with E-state index in [0.29, 0.717) is 12.1 Å². The molecule has 1 aromatic carbocycles. The van der Waals surface area contributed by atoms with Gasteiger partial charge in [-0.3, -0.25) is 14.5 Å². The van der Waals surface area contributed by atoms with Crippen LogP contribution in [0.5, 0.6) is 0 Å². The molecule has 2 aromatic rings. The molecule has 0 bridgehead atoms. The Kier molecular flexibility index (Phi) is 4.53. The van der Waals surface area contributed by atoms with Crippen molar-refractivity contribution in [2.75, 3.05) is 11.9 Å². The lowest BCUT2D eigenvalue weighted by atomic mass is 10.0. The fraction of sp³-hybridized carbons (Fsp3) is 0.316. The molecule has 6 heteroatoms. The topological polar surface area (TPSA) is 53.5 Å². The molecule has 0 spiro atoms. The molecule has 5 nitrogen and oxygen atoms in total. The Labute approximate surface area is 146 Å². The van der Waals surface area contributed by atoms with Gasteiger partial charge >= 0.3 is 0 Å². The Bertz CT molecular complexity index is 822. The summed E-state index contributed by atoms with van der Waals surface area (Å²) in [7, 11) is 1.48. The monoisotopic (exact) mass is 341 g/mol. The molecule has 1 aliphatic rings. The Morgan fingerprint density at radius 3 is 2.60 bits per heavy atom. The predicted molar refractivity (Wildman–Crippen MR) is 92.5 cm³/mol. The number of likely N-dealkylation sites (N-methyl/N-ethyl adjacent to an activating group) is 1. The maximum Gasteiger partial charge on any atom is 0.255 e. The van der Waals surface area contributed by atoms with Crippen LogP contribution in [0.4, 0.5) is 10.2 Å². The fourth-order valence-corrected chi connectivity index (χ4v) is 3.21. The van der Waals surface area contributed by atoms with Crippen molar-refractivity contribution in [3.8, 4) is 0 Å². The minimum absolute atomic E-state index is 0.0395. The van der Waals surface area contributed by atoms with E-state index >= 15 is 0 Å². The third kappa shape index (κ3) is 2.99. The van der Waals surface area contributed by atoms with E-state index in [9.17, 15) is 14.0 Å². The van der Waals surface area contributed by atoms with Crippen LogP contribution >= 0.6 is 0 Å². The van der Waals surface area contributed by atoms with Crippen LogP contribution in [0.25, 0.3) is 0 Å². The Balaban J connectivity index is 1.91. The van der Waals surface area contributed by atoms with Gasteiger partial charge in [-0.05, 0) is 29.7 Å². The van der Waals surface area contributed by atoms with E-state index < -0.39 is 11.9 Å². The lowest BCUT2D eigenvalue weighted by molar-refractivity contribution is -0.124. The van der Waals surface area contributed by atoms with Gasteiger partial charge in [0.1, 0.15) is 6.04 Å². The molecule has 0 fully saturated rings. The molecule has 1 aromatic heterocycles. The molecule has 3 rings (SSSR count). The molecule has 2 amide bonds. The van der Waals surface area contributed by atoms with E-state index in [4.69, 9.17) is 0 Å². The zero-order valence-electron chi connectivity index (χ0n) is 14.4. The molecule has 1 aliphatic heterocycles. The number of rotatable bonds is 4. The molecule has 130 valence electrons. The summed E-state index contributed by atoms with van der Waals surface area (Å²) in [4.78, 5) is 32.5. The first-order valence-corrected chi connectivity index (χ1v) is 8.18. The molecule has 0 radical (unpaired) electrons. The van der Waals surface area contributed by atoms with Gasteiger partial charge < -0.3 is 4.90 Å². The number of hydrogen-bond donors (Lipinski definition) is 0. The van der Waals surface area contributed by atoms with Gasteiger partial charge in [0.05, 0.1) is 0 Å². The van der Waals surface area contributed by atoms with Crippen LogP contribution in [-0.2, 0) is 11.3 Å². The molecule has 0 N–H and O–H groups in total. The van der Waals surface area contributed by atoms with Gasteiger partial charge in [-0.25, -0.2) is 9.37 Å². The van der Waals surface area contributed by atoms with Crippen molar-refractivity contribution in [1.29, 1.82) is 0 Å². The highest BCUT2D eigenvalue weighted by Crippen LogP contribution is 2.28. The van der Waals surface area contributed by atoms with Gasteiger partial charge in [0.2, 0.25) is 0 Å². The zero-order valence-corrected chi connectivity index (χ0v) is 14.4. The van der Waals surface area contributed by atoms with Crippen LogP contribution in [0, 0.1) is 11.7 Å². The van der Waals surface area contributed by atoms with E-state index in [1.807, 2.05) is 32.0 Å². The molecule has 0 saturated heterocycles. The van der Waals surface area contributed by atoms with E-state index in [1.54, 1.807) is 11.0 Å². The van der Waals surface area contributed by atoms with Crippen LogP contribution < -0.4 is 4.90 Å². The van der Waals surface area contributed by atoms with Crippen molar-refractivity contribution in [1.82, 2.24) is 9.88 Å². The average Bonchev–Trinajstić information content (AvgIpc) is 2.91. The van der Waals surface area contributed by atoms with Gasteiger partial charge in [-0.1, -0.05) is 32.0 Å². The maximum atomic E-state index is 14.0. The lowest BCUT2D eigenvalue weighted by Gasteiger charge is -2.32. The molecule has 1 atom stereocenters. The number of carbonyl (C=O) groups is 2. The van der Waals surface area contributed by atoms with Gasteiger partial charge in [-0.2, -0.15) is 0 Å². The Morgan fingerprint density at radius 2 is 1.96 bits per heavy atom. The average molecular weight is 341 g/mol. The summed E-state index contributed by atoms with van der Waals surface area (Å²) in [5.41, 5.74) is 1.52. The third-order valence-corrected chi connectivity index (χ3v) is 4.46. The number of hydrogen-bond acceptors (Lipinski definition) is 3. The van der Waals surface area contributed by atoms with Crippen molar-refractivity contribution < 1.29 is 14.0 Å². The summed E-state index contributed by atoms with van der Waals surface area (Å²) in [5, 5.41) is 0. The molecule has 0 unspecified atom stereocenters. The lowest BCUT2D eigenvalue weighted by Crippen LogP contribution is -2.51. The van der Waals surface area contributed by atoms with Crippen LogP contribution in [-0.4, -0.2) is 34.8 Å². The number of nitrogens with zero attached hydrogens (tertiary/aromatic N) is 3. The zero-order chi connectivity index (χ0) is 18.1. The third-order valence-electron chi connectivity index (χ3n) is 4.46. The minimum Gasteiger partial charge on any atom is -0.322 e. The first kappa shape index (κ1) is 17.1. The fourth-order valence-electron chi connectivity index (χ4n) is 3.21. The van der Waals surface area contributed by atoms with Crippen LogP contribution in [0.1, 0.15) is 29.8 Å². The number of amides is 2. The highest BCUT2D eigenvalue weighted by atomic mass is 19.1. The SMILES string of the molecule is CC(C)[C@H](C(=O)N(C)c1ncccc1F)N1Cc2ccccc2C1=O. The molecule has 2 heterocycles. The summed E-state index contributed by atoms with van der Waals surface area (Å²) in [5.74, 6) is -1.26. The number of aromatic nitrogens is 1. The Hall–Kier alpha value is -2.76. The number of fused-ring (bicyclic) bond motifs is 1. The number of carbonyl (C=O) groups excluding carboxylic acids is 2. The van der Waals surface area contributed by atoms with Crippen LogP contribution in [0.15, 0.2) is 42.6 Å². The number of halogens is 1. The number of pyridine rings is 1. The molecule has 0 aliphatic carbocycles. The summed E-state index contributed by atoms with van der Waals surface area (Å²) < 4.78 is 14.0. The normalized spacial score (nSPS) is 14.6. The Morgan fingerprint density at radius 1 is 1.24 bits per heavy atom. The summed E-state index contributed by atoms with van der Waals surface area (Å²) >= 11 is 0. The largest absolute Gasteiger partial charge is 0.322 e. The van der Waals surface area contributed by atoms with E-state index in [2.05, 4.69) is 4.98 Å². The number of benzene rings is 1. The molecule has 25 heavy (non-hydrogen) atoms. The maximum absolute atomic E-state index is 14.0. The highest BCUT2D eigenvalue weighted by molar-refractivity contribution is 6.04. The van der Waals surface area contributed by atoms with Gasteiger partial charge in [0.15, 0.2) is 11.6 Å². The van der Waals surface area contributed by atoms with Crippen molar-refractivity contribution in [2.24, 2.45) is 5.92 Å². The van der Waals surface area contributed by atoms with Gasteiger partial charge in [0.25, 0.3) is 11.8 Å². The quantitative estimate of drug-likeness (QED) is 0.859. The van der Waals surface area contributed by atoms with Gasteiger partial charge in [0, 0.05) is 25.4 Å². The first-order chi connectivity index (χ1) is 11.9. The second-order valence-electron chi connectivity index (χ2n) is 6.49. The van der Waals surface area contributed by atoms with Crippen LogP contribution in [0.2, 0.25) is 0 Å². The van der Waals surface area contributed by atoms with E-state index in [1.165, 1.54) is 30.3 Å². The summed E-state index contributed by atoms with van der Waals surface area (Å²) in [6.07, 6.45) is 1.43. The van der Waals surface area contributed by atoms with E-state index in [0.717, 1.165) is 5.56 Å². The van der Waals surface area contributed by atoms with Crippen molar-refractivity contribution >= 4 is 17.6 Å². The van der Waals surface area contributed by atoms with Gasteiger partial charge in [-0.15, -0.1) is 0 Å².